The van der Waals surface area contributed by atoms with E-state index < -0.39 is 29.2 Å². The van der Waals surface area contributed by atoms with Crippen LogP contribution in [0.15, 0.2) is 41.5 Å². The Kier molecular flexibility index (Phi) is 6.45. The minimum absolute atomic E-state index is 0.180. The molecule has 1 amide bonds. The van der Waals surface area contributed by atoms with E-state index in [9.17, 15) is 19.8 Å². The average Bonchev–Trinajstić information content (AvgIpc) is 3.06. The van der Waals surface area contributed by atoms with Gasteiger partial charge in [0, 0.05) is 23.9 Å². The number of rotatable bonds is 6. The Labute approximate surface area is 183 Å². The number of hydrogen-bond donors (Lipinski definition) is 3. The summed E-state index contributed by atoms with van der Waals surface area (Å²) in [7, 11) is 3.25. The Hall–Kier alpha value is -2.48. The summed E-state index contributed by atoms with van der Waals surface area (Å²) in [5.41, 5.74) is 1.82. The van der Waals surface area contributed by atoms with E-state index in [1.165, 1.54) is 13.2 Å². The molecule has 3 N–H and O–H groups in total. The van der Waals surface area contributed by atoms with Gasteiger partial charge in [0.05, 0.1) is 35.7 Å². The SMILES string of the molecule is COc1ccc2c(cc(C(=O)N[C@H](CO)C3=CC=C(C(=O)O)C(C)C3Cl)n2C)c1Cl. The van der Waals surface area contributed by atoms with Crippen molar-refractivity contribution in [1.29, 1.82) is 0 Å². The molecule has 7 nitrogen and oxygen atoms in total. The zero-order valence-corrected chi connectivity index (χ0v) is 18.2. The van der Waals surface area contributed by atoms with E-state index in [-0.39, 0.29) is 12.2 Å². The van der Waals surface area contributed by atoms with E-state index in [1.54, 1.807) is 42.8 Å². The molecule has 0 aliphatic heterocycles. The fourth-order valence-electron chi connectivity index (χ4n) is 3.65. The molecule has 3 rings (SSSR count). The molecule has 0 saturated heterocycles. The van der Waals surface area contributed by atoms with E-state index in [2.05, 4.69) is 5.32 Å². The summed E-state index contributed by atoms with van der Waals surface area (Å²) in [6.07, 6.45) is 3.00. The van der Waals surface area contributed by atoms with Crippen LogP contribution in [0.1, 0.15) is 17.4 Å². The van der Waals surface area contributed by atoms with E-state index in [0.717, 1.165) is 5.52 Å². The minimum Gasteiger partial charge on any atom is -0.495 e. The minimum atomic E-state index is -1.05. The van der Waals surface area contributed by atoms with E-state index >= 15 is 0 Å². The second-order valence-corrected chi connectivity index (χ2v) is 7.94. The molecule has 0 fully saturated rings. The molecular formula is C21H22Cl2N2O5. The van der Waals surface area contributed by atoms with E-state index in [4.69, 9.17) is 27.9 Å². The van der Waals surface area contributed by atoms with Crippen LogP contribution in [0.3, 0.4) is 0 Å². The molecule has 1 aliphatic rings. The number of aliphatic hydroxyl groups excluding tert-OH is 1. The summed E-state index contributed by atoms with van der Waals surface area (Å²) in [4.78, 5) is 24.3. The van der Waals surface area contributed by atoms with Gasteiger partial charge in [0.2, 0.25) is 0 Å². The molecule has 2 aromatic rings. The van der Waals surface area contributed by atoms with Crippen molar-refractivity contribution in [3.63, 3.8) is 0 Å². The third-order valence-corrected chi connectivity index (χ3v) is 6.44. The van der Waals surface area contributed by atoms with Crippen molar-refractivity contribution < 1.29 is 24.5 Å². The van der Waals surface area contributed by atoms with Crippen LogP contribution in [-0.4, -0.2) is 51.8 Å². The first-order valence-electron chi connectivity index (χ1n) is 9.23. The molecule has 30 heavy (non-hydrogen) atoms. The number of aromatic nitrogens is 1. The number of halogens is 2. The number of aliphatic hydroxyl groups is 1. The summed E-state index contributed by atoms with van der Waals surface area (Å²) in [6, 6.07) is 4.42. The van der Waals surface area contributed by atoms with Crippen molar-refractivity contribution in [2.45, 2.75) is 18.3 Å². The smallest absolute Gasteiger partial charge is 0.331 e. The zero-order chi connectivity index (χ0) is 22.2. The normalized spacial score (nSPS) is 19.8. The molecule has 2 unspecified atom stereocenters. The number of aryl methyl sites for hydroxylation is 1. The Bertz CT molecular complexity index is 1070. The molecule has 9 heteroatoms. The topological polar surface area (TPSA) is 101 Å². The van der Waals surface area contributed by atoms with Crippen molar-refractivity contribution in [1.82, 2.24) is 9.88 Å². The highest BCUT2D eigenvalue weighted by Gasteiger charge is 2.33. The highest BCUT2D eigenvalue weighted by Crippen LogP contribution is 2.35. The maximum atomic E-state index is 13.0. The van der Waals surface area contributed by atoms with Crippen LogP contribution in [-0.2, 0) is 11.8 Å². The zero-order valence-electron chi connectivity index (χ0n) is 16.6. The molecule has 3 atom stereocenters. The highest BCUT2D eigenvalue weighted by atomic mass is 35.5. The third-order valence-electron chi connectivity index (χ3n) is 5.42. The van der Waals surface area contributed by atoms with Gasteiger partial charge in [-0.2, -0.15) is 0 Å². The average molecular weight is 453 g/mol. The van der Waals surface area contributed by atoms with Gasteiger partial charge in [-0.15, -0.1) is 11.6 Å². The molecule has 160 valence electrons. The van der Waals surface area contributed by atoms with Crippen molar-refractivity contribution in [2.24, 2.45) is 13.0 Å². The van der Waals surface area contributed by atoms with Crippen LogP contribution in [0, 0.1) is 5.92 Å². The van der Waals surface area contributed by atoms with Gasteiger partial charge in [-0.05, 0) is 23.8 Å². The molecule has 1 aromatic heterocycles. The van der Waals surface area contributed by atoms with Gasteiger partial charge in [0.1, 0.15) is 11.4 Å². The summed E-state index contributed by atoms with van der Waals surface area (Å²) < 4.78 is 6.92. The summed E-state index contributed by atoms with van der Waals surface area (Å²) >= 11 is 12.8. The molecule has 0 saturated carbocycles. The number of amides is 1. The lowest BCUT2D eigenvalue weighted by Gasteiger charge is -2.30. The number of alkyl halides is 1. The van der Waals surface area contributed by atoms with Gasteiger partial charge in [-0.1, -0.05) is 30.7 Å². The standard InChI is InChI=1S/C21H22Cl2N2O5/c1-10-11(21(28)29)4-5-12(18(10)22)14(9-26)24-20(27)16-8-13-15(25(16)2)6-7-17(30-3)19(13)23/h4-8,10,14,18,26H,9H2,1-3H3,(H,24,27)(H,28,29)/t10?,14-,18?/m1/s1. The van der Waals surface area contributed by atoms with Crippen LogP contribution < -0.4 is 10.1 Å². The second-order valence-electron chi connectivity index (χ2n) is 7.10. The quantitative estimate of drug-likeness (QED) is 0.584. The molecule has 0 radical (unpaired) electrons. The number of carbonyl (C=O) groups excluding carboxylic acids is 1. The fourth-order valence-corrected chi connectivity index (χ4v) is 4.30. The number of nitrogens with one attached hydrogen (secondary N) is 1. The lowest BCUT2D eigenvalue weighted by atomic mass is 9.85. The van der Waals surface area contributed by atoms with Crippen LogP contribution in [0.5, 0.6) is 5.75 Å². The van der Waals surface area contributed by atoms with Crippen LogP contribution in [0.25, 0.3) is 10.9 Å². The Balaban J connectivity index is 1.92. The lowest BCUT2D eigenvalue weighted by molar-refractivity contribution is -0.133. The number of ether oxygens (including phenoxy) is 1. The van der Waals surface area contributed by atoms with Crippen molar-refractivity contribution in [2.75, 3.05) is 13.7 Å². The Morgan fingerprint density at radius 2 is 2.03 bits per heavy atom. The van der Waals surface area contributed by atoms with Gasteiger partial charge in [0.25, 0.3) is 5.91 Å². The first kappa shape index (κ1) is 22.2. The van der Waals surface area contributed by atoms with Crippen molar-refractivity contribution in [3.05, 3.63) is 52.2 Å². The van der Waals surface area contributed by atoms with E-state index in [0.29, 0.717) is 27.4 Å². The number of methoxy groups -OCH3 is 1. The van der Waals surface area contributed by atoms with E-state index in [1.807, 2.05) is 0 Å². The highest BCUT2D eigenvalue weighted by molar-refractivity contribution is 6.37. The predicted octanol–water partition coefficient (Wildman–Crippen LogP) is 3.13. The molecule has 0 spiro atoms. The molecular weight excluding hydrogens is 431 g/mol. The number of carbonyl (C=O) groups is 2. The maximum absolute atomic E-state index is 13.0. The first-order valence-corrected chi connectivity index (χ1v) is 10.0. The van der Waals surface area contributed by atoms with Gasteiger partial charge in [0.15, 0.2) is 0 Å². The van der Waals surface area contributed by atoms with Crippen LogP contribution in [0.4, 0.5) is 0 Å². The Morgan fingerprint density at radius 1 is 1.33 bits per heavy atom. The van der Waals surface area contributed by atoms with Gasteiger partial charge in [-0.25, -0.2) is 4.79 Å². The number of carboxylic acids is 1. The summed E-state index contributed by atoms with van der Waals surface area (Å²) in [5, 5.41) is 22.3. The number of fused-ring (bicyclic) bond motifs is 1. The molecule has 1 aliphatic carbocycles. The monoisotopic (exact) mass is 452 g/mol. The summed E-state index contributed by atoms with van der Waals surface area (Å²) in [5.74, 6) is -1.44. The lowest BCUT2D eigenvalue weighted by Crippen LogP contribution is -2.43. The number of carboxylic acid groups (broad SMARTS) is 1. The predicted molar refractivity (Wildman–Crippen MR) is 115 cm³/mol. The number of nitrogens with zero attached hydrogens (tertiary/aromatic N) is 1. The molecule has 1 aromatic carbocycles. The molecule has 0 bridgehead atoms. The van der Waals surface area contributed by atoms with Gasteiger partial charge in [-0.3, -0.25) is 4.79 Å². The van der Waals surface area contributed by atoms with Gasteiger partial charge < -0.3 is 24.8 Å². The number of aliphatic carboxylic acids is 1. The Morgan fingerprint density at radius 3 is 2.63 bits per heavy atom. The van der Waals surface area contributed by atoms with Crippen molar-refractivity contribution >= 4 is 46.0 Å². The van der Waals surface area contributed by atoms with Crippen molar-refractivity contribution in [3.8, 4) is 5.75 Å². The summed E-state index contributed by atoms with van der Waals surface area (Å²) in [6.45, 7) is 1.31. The first-order chi connectivity index (χ1) is 14.2. The fraction of sp³-hybridized carbons (Fsp3) is 0.333. The second kappa shape index (κ2) is 8.71. The number of benzene rings is 1. The van der Waals surface area contributed by atoms with Crippen LogP contribution >= 0.6 is 23.2 Å². The number of allylic oxidation sites excluding steroid dienone is 2. The van der Waals surface area contributed by atoms with Crippen LogP contribution in [0.2, 0.25) is 5.02 Å². The maximum Gasteiger partial charge on any atom is 0.331 e. The van der Waals surface area contributed by atoms with Gasteiger partial charge >= 0.3 is 5.97 Å². The largest absolute Gasteiger partial charge is 0.495 e. The third kappa shape index (κ3) is 3.80. The number of hydrogen-bond acceptors (Lipinski definition) is 4. The molecule has 1 heterocycles.